The summed E-state index contributed by atoms with van der Waals surface area (Å²) < 4.78 is 26.0. The molecule has 7 nitrogen and oxygen atoms in total. The van der Waals surface area contributed by atoms with E-state index in [-0.39, 0.29) is 12.5 Å². The number of hydrogen-bond donors (Lipinski definition) is 0. The lowest BCUT2D eigenvalue weighted by Crippen LogP contribution is -2.42. The molecule has 0 atom stereocenters. The average Bonchev–Trinajstić information content (AvgIpc) is 2.90. The molecule has 9 heteroatoms. The third-order valence-electron chi connectivity index (χ3n) is 3.41. The van der Waals surface area contributed by atoms with E-state index in [0.717, 1.165) is 4.68 Å². The van der Waals surface area contributed by atoms with Gasteiger partial charge >= 0.3 is 0 Å². The summed E-state index contributed by atoms with van der Waals surface area (Å²) in [5.74, 6) is 0.985. The number of alkyl halides is 2. The summed E-state index contributed by atoms with van der Waals surface area (Å²) in [6, 6.07) is 0. The van der Waals surface area contributed by atoms with Crippen LogP contribution in [0.3, 0.4) is 0 Å². The number of likely N-dealkylation sites (N-methyl/N-ethyl adjacent to an activating group) is 1. The Kier molecular flexibility index (Phi) is 3.47. The molecule has 2 aromatic rings. The van der Waals surface area contributed by atoms with Crippen LogP contribution in [0.2, 0.25) is 0 Å². The van der Waals surface area contributed by atoms with E-state index >= 15 is 0 Å². The van der Waals surface area contributed by atoms with E-state index in [9.17, 15) is 13.6 Å². The monoisotopic (exact) mass is 308 g/mol. The van der Waals surface area contributed by atoms with E-state index < -0.39 is 13.0 Å². The number of hydrogen-bond acceptors (Lipinski definition) is 5. The number of nitrogens with zero attached hydrogens (tertiary/aromatic N) is 6. The van der Waals surface area contributed by atoms with E-state index in [0.29, 0.717) is 23.0 Å². The van der Waals surface area contributed by atoms with Gasteiger partial charge in [0.15, 0.2) is 5.82 Å². The Morgan fingerprint density at radius 1 is 1.36 bits per heavy atom. The molecule has 3 rings (SSSR count). The molecule has 0 radical (unpaired) electrons. The maximum Gasteiger partial charge on any atom is 0.257 e. The van der Waals surface area contributed by atoms with Gasteiger partial charge in [0.25, 0.3) is 6.43 Å². The van der Waals surface area contributed by atoms with Gasteiger partial charge in [0, 0.05) is 13.2 Å². The first-order chi connectivity index (χ1) is 10.5. The van der Waals surface area contributed by atoms with Crippen molar-refractivity contribution in [3.63, 3.8) is 0 Å². The zero-order valence-electron chi connectivity index (χ0n) is 12.1. The Morgan fingerprint density at radius 3 is 2.86 bits per heavy atom. The van der Waals surface area contributed by atoms with Crippen molar-refractivity contribution in [1.29, 1.82) is 0 Å². The first-order valence-electron chi connectivity index (χ1n) is 6.64. The van der Waals surface area contributed by atoms with Crippen LogP contribution in [0.15, 0.2) is 18.6 Å². The van der Waals surface area contributed by atoms with Crippen LogP contribution < -0.4 is 9.80 Å². The number of carbonyl (C=O) groups excluding carboxylic acids is 1. The molecule has 0 N–H and O–H groups in total. The largest absolute Gasteiger partial charge is 0.312 e. The fraction of sp³-hybridized carbons (Fsp3) is 0.385. The van der Waals surface area contributed by atoms with Crippen LogP contribution in [0.5, 0.6) is 0 Å². The molecule has 0 saturated carbocycles. The SMILES string of the molecule is Cc1ncc2c(n1)N(c1cnn(CC(F)F)c1)CC(=O)N2C. The minimum Gasteiger partial charge on any atom is -0.312 e. The third kappa shape index (κ3) is 2.49. The number of anilines is 3. The molecule has 0 spiro atoms. The highest BCUT2D eigenvalue weighted by Gasteiger charge is 2.30. The van der Waals surface area contributed by atoms with Gasteiger partial charge in [0.05, 0.1) is 18.1 Å². The molecule has 0 saturated heterocycles. The maximum absolute atomic E-state index is 12.4. The molecule has 0 unspecified atom stereocenters. The van der Waals surface area contributed by atoms with Crippen LogP contribution >= 0.6 is 0 Å². The third-order valence-corrected chi connectivity index (χ3v) is 3.41. The molecular formula is C13H14F2N6O. The van der Waals surface area contributed by atoms with Gasteiger partial charge in [-0.3, -0.25) is 9.48 Å². The molecule has 3 heterocycles. The molecule has 0 aliphatic carbocycles. The second-order valence-electron chi connectivity index (χ2n) is 4.98. The topological polar surface area (TPSA) is 67.2 Å². The summed E-state index contributed by atoms with van der Waals surface area (Å²) in [7, 11) is 1.65. The summed E-state index contributed by atoms with van der Waals surface area (Å²) >= 11 is 0. The normalized spacial score (nSPS) is 14.7. The van der Waals surface area contributed by atoms with Crippen molar-refractivity contribution >= 4 is 23.1 Å². The quantitative estimate of drug-likeness (QED) is 0.856. The van der Waals surface area contributed by atoms with Crippen molar-refractivity contribution in [1.82, 2.24) is 19.7 Å². The van der Waals surface area contributed by atoms with Crippen molar-refractivity contribution in [2.45, 2.75) is 19.9 Å². The van der Waals surface area contributed by atoms with Crippen LogP contribution in [-0.2, 0) is 11.3 Å². The number of carbonyl (C=O) groups is 1. The molecule has 1 amide bonds. The predicted molar refractivity (Wildman–Crippen MR) is 75.4 cm³/mol. The first kappa shape index (κ1) is 14.4. The van der Waals surface area contributed by atoms with Crippen molar-refractivity contribution in [3.05, 3.63) is 24.4 Å². The Bertz CT molecular complexity index is 716. The summed E-state index contributed by atoms with van der Waals surface area (Å²) in [6.45, 7) is 1.33. The number of rotatable bonds is 3. The van der Waals surface area contributed by atoms with E-state index in [1.807, 2.05) is 0 Å². The summed E-state index contributed by atoms with van der Waals surface area (Å²) in [4.78, 5) is 23.7. The zero-order valence-corrected chi connectivity index (χ0v) is 12.1. The fourth-order valence-corrected chi connectivity index (χ4v) is 2.28. The standard InChI is InChI=1S/C13H14F2N6O/c1-8-16-4-10-13(18-8)21(7-12(22)19(10)2)9-3-17-20(5-9)6-11(14)15/h3-5,11H,6-7H2,1-2H3. The van der Waals surface area contributed by atoms with Crippen molar-refractivity contribution < 1.29 is 13.6 Å². The Labute approximate surface area is 125 Å². The van der Waals surface area contributed by atoms with E-state index in [1.54, 1.807) is 25.1 Å². The van der Waals surface area contributed by atoms with Gasteiger partial charge in [0.2, 0.25) is 5.91 Å². The number of aryl methyl sites for hydroxylation is 1. The van der Waals surface area contributed by atoms with Crippen LogP contribution in [0.1, 0.15) is 5.82 Å². The first-order valence-corrected chi connectivity index (χ1v) is 6.64. The van der Waals surface area contributed by atoms with Crippen LogP contribution in [-0.4, -0.2) is 45.7 Å². The molecule has 116 valence electrons. The highest BCUT2D eigenvalue weighted by atomic mass is 19.3. The maximum atomic E-state index is 12.4. The highest BCUT2D eigenvalue weighted by molar-refractivity contribution is 6.03. The van der Waals surface area contributed by atoms with Crippen LogP contribution in [0, 0.1) is 6.92 Å². The van der Waals surface area contributed by atoms with Crippen molar-refractivity contribution in [3.8, 4) is 0 Å². The highest BCUT2D eigenvalue weighted by Crippen LogP contribution is 2.35. The van der Waals surface area contributed by atoms with Gasteiger partial charge in [0.1, 0.15) is 24.6 Å². The molecule has 1 aliphatic heterocycles. The van der Waals surface area contributed by atoms with Gasteiger partial charge in [-0.25, -0.2) is 18.7 Å². The molecule has 0 aromatic carbocycles. The Balaban J connectivity index is 2.00. The molecule has 2 aromatic heterocycles. The minimum absolute atomic E-state index is 0.0698. The van der Waals surface area contributed by atoms with E-state index in [1.165, 1.54) is 17.3 Å². The second-order valence-corrected chi connectivity index (χ2v) is 4.98. The van der Waals surface area contributed by atoms with Gasteiger partial charge in [-0.1, -0.05) is 0 Å². The van der Waals surface area contributed by atoms with Gasteiger partial charge < -0.3 is 9.80 Å². The van der Waals surface area contributed by atoms with E-state index in [4.69, 9.17) is 0 Å². The Morgan fingerprint density at radius 2 is 2.14 bits per heavy atom. The molecule has 0 fully saturated rings. The predicted octanol–water partition coefficient (Wildman–Crippen LogP) is 1.36. The summed E-state index contributed by atoms with van der Waals surface area (Å²) in [5.41, 5.74) is 1.12. The lowest BCUT2D eigenvalue weighted by molar-refractivity contribution is -0.117. The summed E-state index contributed by atoms with van der Waals surface area (Å²) in [5, 5.41) is 3.90. The minimum atomic E-state index is -2.49. The molecule has 1 aliphatic rings. The number of halogens is 2. The van der Waals surface area contributed by atoms with Crippen LogP contribution in [0.4, 0.5) is 26.0 Å². The fourth-order valence-electron chi connectivity index (χ4n) is 2.28. The Hall–Kier alpha value is -2.58. The lowest BCUT2D eigenvalue weighted by Gasteiger charge is -2.33. The zero-order chi connectivity index (χ0) is 15.9. The average molecular weight is 308 g/mol. The molecular weight excluding hydrogens is 294 g/mol. The number of fused-ring (bicyclic) bond motifs is 1. The lowest BCUT2D eigenvalue weighted by atomic mass is 10.2. The van der Waals surface area contributed by atoms with Crippen molar-refractivity contribution in [2.75, 3.05) is 23.4 Å². The van der Waals surface area contributed by atoms with E-state index in [2.05, 4.69) is 15.1 Å². The summed E-state index contributed by atoms with van der Waals surface area (Å²) in [6.07, 6.45) is 2.01. The molecule has 0 bridgehead atoms. The van der Waals surface area contributed by atoms with Gasteiger partial charge in [-0.05, 0) is 6.92 Å². The van der Waals surface area contributed by atoms with Gasteiger partial charge in [-0.15, -0.1) is 0 Å². The smallest absolute Gasteiger partial charge is 0.257 e. The molecule has 22 heavy (non-hydrogen) atoms. The van der Waals surface area contributed by atoms with Crippen LogP contribution in [0.25, 0.3) is 0 Å². The van der Waals surface area contributed by atoms with Crippen molar-refractivity contribution in [2.24, 2.45) is 0 Å². The number of amides is 1. The van der Waals surface area contributed by atoms with Gasteiger partial charge in [-0.2, -0.15) is 5.10 Å². The number of aromatic nitrogens is 4. The second kappa shape index (κ2) is 5.32.